The maximum Gasteiger partial charge on any atom is 0.291 e. The molecule has 7 heteroatoms. The first-order valence-electron chi connectivity index (χ1n) is 5.63. The van der Waals surface area contributed by atoms with Crippen LogP contribution in [0.1, 0.15) is 6.42 Å². The summed E-state index contributed by atoms with van der Waals surface area (Å²) in [6, 6.07) is 1.32. The van der Waals surface area contributed by atoms with Gasteiger partial charge in [-0.1, -0.05) is 0 Å². The molecule has 2 heterocycles. The molecule has 0 aromatic carbocycles. The van der Waals surface area contributed by atoms with Crippen LogP contribution >= 0.6 is 0 Å². The van der Waals surface area contributed by atoms with Crippen LogP contribution in [-0.4, -0.2) is 48.2 Å². The number of nitro groups is 1. The largest absolute Gasteiger partial charge is 0.491 e. The lowest BCUT2D eigenvalue weighted by Gasteiger charge is -2.14. The van der Waals surface area contributed by atoms with Gasteiger partial charge in [-0.05, 0) is 13.5 Å². The summed E-state index contributed by atoms with van der Waals surface area (Å²) in [5.41, 5.74) is -0.109. The second-order valence-corrected chi connectivity index (χ2v) is 4.25. The molecule has 2 rings (SSSR count). The molecule has 0 N–H and O–H groups in total. The van der Waals surface area contributed by atoms with E-state index in [0.29, 0.717) is 11.6 Å². The fraction of sp³-hybridized carbons (Fsp3) is 0.545. The van der Waals surface area contributed by atoms with E-state index in [0.717, 1.165) is 19.5 Å². The van der Waals surface area contributed by atoms with Crippen molar-refractivity contribution in [3.8, 4) is 11.6 Å². The number of aromatic nitrogens is 1. The van der Waals surface area contributed by atoms with Gasteiger partial charge < -0.3 is 14.4 Å². The Labute approximate surface area is 104 Å². The lowest BCUT2D eigenvalue weighted by atomic mass is 10.3. The Balaban J connectivity index is 2.14. The fourth-order valence-corrected chi connectivity index (χ4v) is 1.90. The Morgan fingerprint density at radius 3 is 2.94 bits per heavy atom. The van der Waals surface area contributed by atoms with Crippen molar-refractivity contribution in [1.29, 1.82) is 0 Å². The molecular formula is C11H15N3O4. The second-order valence-electron chi connectivity index (χ2n) is 4.25. The fourth-order valence-electron chi connectivity index (χ4n) is 1.90. The third-order valence-corrected chi connectivity index (χ3v) is 2.86. The highest BCUT2D eigenvalue weighted by molar-refractivity contribution is 5.42. The zero-order valence-corrected chi connectivity index (χ0v) is 10.3. The topological polar surface area (TPSA) is 77.7 Å². The van der Waals surface area contributed by atoms with E-state index in [2.05, 4.69) is 9.88 Å². The van der Waals surface area contributed by atoms with Crippen molar-refractivity contribution in [3.63, 3.8) is 0 Å². The first-order valence-corrected chi connectivity index (χ1v) is 5.63. The van der Waals surface area contributed by atoms with Crippen molar-refractivity contribution >= 4 is 5.69 Å². The van der Waals surface area contributed by atoms with Crippen molar-refractivity contribution in [1.82, 2.24) is 9.88 Å². The van der Waals surface area contributed by atoms with Gasteiger partial charge >= 0.3 is 0 Å². The Hall–Kier alpha value is -1.89. The van der Waals surface area contributed by atoms with Gasteiger partial charge in [0, 0.05) is 13.1 Å². The Morgan fingerprint density at radius 1 is 1.61 bits per heavy atom. The summed E-state index contributed by atoms with van der Waals surface area (Å²) in [4.78, 5) is 16.2. The number of likely N-dealkylation sites (tertiary alicyclic amines) is 1. The van der Waals surface area contributed by atoms with E-state index in [1.165, 1.54) is 19.4 Å². The van der Waals surface area contributed by atoms with Gasteiger partial charge in [-0.15, -0.1) is 0 Å². The minimum absolute atomic E-state index is 0.0536. The molecule has 1 atom stereocenters. The van der Waals surface area contributed by atoms with Crippen LogP contribution in [0.5, 0.6) is 11.6 Å². The highest BCUT2D eigenvalue weighted by Crippen LogP contribution is 2.30. The van der Waals surface area contributed by atoms with Gasteiger partial charge in [-0.3, -0.25) is 10.1 Å². The van der Waals surface area contributed by atoms with Crippen LogP contribution in [0.15, 0.2) is 12.3 Å². The summed E-state index contributed by atoms with van der Waals surface area (Å²) in [5, 5.41) is 10.6. The van der Waals surface area contributed by atoms with Crippen LogP contribution in [0.2, 0.25) is 0 Å². The zero-order chi connectivity index (χ0) is 13.1. The average Bonchev–Trinajstić information content (AvgIpc) is 2.75. The van der Waals surface area contributed by atoms with Gasteiger partial charge in [0.1, 0.15) is 12.3 Å². The molecule has 0 amide bonds. The Morgan fingerprint density at radius 2 is 2.39 bits per heavy atom. The van der Waals surface area contributed by atoms with Crippen LogP contribution in [0.4, 0.5) is 5.69 Å². The van der Waals surface area contributed by atoms with Gasteiger partial charge in [0.25, 0.3) is 11.6 Å². The summed E-state index contributed by atoms with van der Waals surface area (Å²) < 4.78 is 10.8. The van der Waals surface area contributed by atoms with E-state index < -0.39 is 4.92 Å². The van der Waals surface area contributed by atoms with E-state index in [1.807, 2.05) is 7.05 Å². The number of rotatable bonds is 4. The maximum atomic E-state index is 10.6. The summed E-state index contributed by atoms with van der Waals surface area (Å²) in [6.45, 7) is 1.79. The number of nitrogens with zero attached hydrogens (tertiary/aromatic N) is 3. The highest BCUT2D eigenvalue weighted by atomic mass is 16.6. The molecule has 0 aliphatic carbocycles. The highest BCUT2D eigenvalue weighted by Gasteiger charge is 2.23. The van der Waals surface area contributed by atoms with E-state index >= 15 is 0 Å². The minimum Gasteiger partial charge on any atom is -0.491 e. The molecular weight excluding hydrogens is 238 g/mol. The predicted molar refractivity (Wildman–Crippen MR) is 64.0 cm³/mol. The number of hydrogen-bond donors (Lipinski definition) is 0. The molecule has 98 valence electrons. The molecule has 1 aliphatic rings. The quantitative estimate of drug-likeness (QED) is 0.590. The molecule has 1 aromatic rings. The van der Waals surface area contributed by atoms with Crippen molar-refractivity contribution in [2.75, 3.05) is 27.2 Å². The summed E-state index contributed by atoms with van der Waals surface area (Å²) in [5.74, 6) is 0.599. The van der Waals surface area contributed by atoms with Gasteiger partial charge in [-0.2, -0.15) is 0 Å². The summed E-state index contributed by atoms with van der Waals surface area (Å²) in [7, 11) is 3.46. The lowest BCUT2D eigenvalue weighted by Crippen LogP contribution is -2.22. The molecule has 0 saturated carbocycles. The van der Waals surface area contributed by atoms with Crippen LogP contribution in [0.3, 0.4) is 0 Å². The predicted octanol–water partition coefficient (Wildman–Crippen LogP) is 1.08. The monoisotopic (exact) mass is 253 g/mol. The smallest absolute Gasteiger partial charge is 0.291 e. The molecule has 0 radical (unpaired) electrons. The molecule has 0 spiro atoms. The standard InChI is InChI=1S/C11H15N3O4/c1-13-4-3-9(7-13)18-11-10(17-2)5-8(6-12-11)14(15)16/h5-6,9H,3-4,7H2,1-2H3. The zero-order valence-electron chi connectivity index (χ0n) is 10.3. The van der Waals surface area contributed by atoms with Crippen LogP contribution in [0, 0.1) is 10.1 Å². The molecule has 18 heavy (non-hydrogen) atoms. The Kier molecular flexibility index (Phi) is 3.61. The second kappa shape index (κ2) is 5.18. The van der Waals surface area contributed by atoms with Crippen molar-refractivity contribution < 1.29 is 14.4 Å². The number of hydrogen-bond acceptors (Lipinski definition) is 6. The van der Waals surface area contributed by atoms with Crippen molar-refractivity contribution in [2.45, 2.75) is 12.5 Å². The normalized spacial score (nSPS) is 19.8. The summed E-state index contributed by atoms with van der Waals surface area (Å²) in [6.07, 6.45) is 2.15. The number of pyridine rings is 1. The molecule has 1 unspecified atom stereocenters. The van der Waals surface area contributed by atoms with Crippen LogP contribution < -0.4 is 9.47 Å². The van der Waals surface area contributed by atoms with Gasteiger partial charge in [0.15, 0.2) is 5.75 Å². The average molecular weight is 253 g/mol. The molecule has 7 nitrogen and oxygen atoms in total. The Bertz CT molecular complexity index is 452. The van der Waals surface area contributed by atoms with E-state index in [4.69, 9.17) is 9.47 Å². The van der Waals surface area contributed by atoms with Crippen LogP contribution in [0.25, 0.3) is 0 Å². The first kappa shape index (κ1) is 12.6. The van der Waals surface area contributed by atoms with Crippen LogP contribution in [-0.2, 0) is 0 Å². The van der Waals surface area contributed by atoms with Crippen molar-refractivity contribution in [2.24, 2.45) is 0 Å². The molecule has 1 saturated heterocycles. The maximum absolute atomic E-state index is 10.6. The third-order valence-electron chi connectivity index (χ3n) is 2.86. The number of methoxy groups -OCH3 is 1. The lowest BCUT2D eigenvalue weighted by molar-refractivity contribution is -0.385. The van der Waals surface area contributed by atoms with Crippen molar-refractivity contribution in [3.05, 3.63) is 22.4 Å². The molecule has 1 aromatic heterocycles. The molecule has 1 fully saturated rings. The first-order chi connectivity index (χ1) is 8.60. The number of ether oxygens (including phenoxy) is 2. The van der Waals surface area contributed by atoms with E-state index in [1.54, 1.807) is 0 Å². The summed E-state index contributed by atoms with van der Waals surface area (Å²) >= 11 is 0. The third kappa shape index (κ3) is 2.67. The number of likely N-dealkylation sites (N-methyl/N-ethyl adjacent to an activating group) is 1. The molecule has 0 bridgehead atoms. The van der Waals surface area contributed by atoms with Gasteiger partial charge in [-0.25, -0.2) is 4.98 Å². The molecule has 1 aliphatic heterocycles. The van der Waals surface area contributed by atoms with E-state index in [-0.39, 0.29) is 11.8 Å². The van der Waals surface area contributed by atoms with E-state index in [9.17, 15) is 10.1 Å². The minimum atomic E-state index is -0.511. The van der Waals surface area contributed by atoms with Gasteiger partial charge in [0.2, 0.25) is 0 Å². The van der Waals surface area contributed by atoms with Gasteiger partial charge in [0.05, 0.1) is 18.1 Å². The SMILES string of the molecule is COc1cc([N+](=O)[O-])cnc1OC1CCN(C)C1.